The summed E-state index contributed by atoms with van der Waals surface area (Å²) in [5.74, 6) is -1.67. The van der Waals surface area contributed by atoms with E-state index in [0.29, 0.717) is 25.1 Å². The summed E-state index contributed by atoms with van der Waals surface area (Å²) < 4.78 is 54.3. The molecule has 2 fully saturated rings. The number of hydrogen-bond acceptors (Lipinski definition) is 3. The number of benzene rings is 2. The highest BCUT2D eigenvalue weighted by Crippen LogP contribution is 2.56. The van der Waals surface area contributed by atoms with Gasteiger partial charge in [-0.25, -0.2) is 21.9 Å². The highest BCUT2D eigenvalue weighted by molar-refractivity contribution is 7.88. The molecule has 0 bridgehead atoms. The van der Waals surface area contributed by atoms with Crippen LogP contribution in [-0.2, 0) is 14.8 Å². The van der Waals surface area contributed by atoms with E-state index in [1.54, 1.807) is 17.0 Å². The van der Waals surface area contributed by atoms with Crippen molar-refractivity contribution < 1.29 is 22.0 Å². The molecule has 1 saturated carbocycles. The summed E-state index contributed by atoms with van der Waals surface area (Å²) in [6, 6.07) is 10.6. The fraction of sp³-hybridized carbons (Fsp3) is 0.409. The van der Waals surface area contributed by atoms with Gasteiger partial charge in [-0.15, -0.1) is 0 Å². The molecule has 1 N–H and O–H groups in total. The summed E-state index contributed by atoms with van der Waals surface area (Å²) in [7, 11) is -3.33. The molecule has 2 aliphatic rings. The van der Waals surface area contributed by atoms with E-state index in [4.69, 9.17) is 0 Å². The van der Waals surface area contributed by atoms with Crippen molar-refractivity contribution in [3.05, 3.63) is 59.7 Å². The number of rotatable bonds is 5. The van der Waals surface area contributed by atoms with Gasteiger partial charge < -0.3 is 4.90 Å². The first kappa shape index (κ1) is 20.9. The summed E-state index contributed by atoms with van der Waals surface area (Å²) in [5.41, 5.74) is 1.16. The smallest absolute Gasteiger partial charge is 0.226 e. The van der Waals surface area contributed by atoms with Crippen LogP contribution in [0.25, 0.3) is 11.1 Å². The van der Waals surface area contributed by atoms with E-state index in [1.807, 2.05) is 19.1 Å². The molecule has 1 aliphatic heterocycles. The lowest BCUT2D eigenvalue weighted by atomic mass is 9.94. The molecule has 5 nitrogen and oxygen atoms in total. The molecule has 1 aliphatic carbocycles. The lowest BCUT2D eigenvalue weighted by Gasteiger charge is -2.17. The van der Waals surface area contributed by atoms with Gasteiger partial charge in [0, 0.05) is 25.0 Å². The van der Waals surface area contributed by atoms with Crippen LogP contribution in [0.4, 0.5) is 8.78 Å². The van der Waals surface area contributed by atoms with Crippen molar-refractivity contribution in [1.29, 1.82) is 0 Å². The second-order valence-electron chi connectivity index (χ2n) is 8.25. The molecule has 4 rings (SSSR count). The Bertz CT molecular complexity index is 1070. The van der Waals surface area contributed by atoms with Gasteiger partial charge in [0.2, 0.25) is 15.9 Å². The van der Waals surface area contributed by atoms with Crippen LogP contribution >= 0.6 is 0 Å². The van der Waals surface area contributed by atoms with Gasteiger partial charge in [0.1, 0.15) is 11.6 Å². The molecular formula is C22H24F2N2O3S. The third-order valence-electron chi connectivity index (χ3n) is 6.10. The highest BCUT2D eigenvalue weighted by Gasteiger charge is 2.54. The van der Waals surface area contributed by atoms with Crippen LogP contribution < -0.4 is 4.72 Å². The number of carbonyl (C=O) groups is 1. The lowest BCUT2D eigenvalue weighted by molar-refractivity contribution is -0.131. The standard InChI is InChI=1S/C22H24F2N2O3S/c1-13-19(20(13)22(27)26-11-10-14(12-26)25-30(2,28)29)15-6-3-4-7-16(15)21-17(23)8-5-9-18(21)24/h3-9,13-14,19-20,25H,10-12H2,1-2H3/t13-,14-,19-,20+/m0/s1. The van der Waals surface area contributed by atoms with Crippen molar-refractivity contribution in [2.75, 3.05) is 19.3 Å². The Labute approximate surface area is 175 Å². The largest absolute Gasteiger partial charge is 0.341 e. The summed E-state index contributed by atoms with van der Waals surface area (Å²) in [4.78, 5) is 14.8. The molecule has 0 aromatic heterocycles. The number of amides is 1. The molecule has 1 amide bonds. The fourth-order valence-electron chi connectivity index (χ4n) is 4.66. The van der Waals surface area contributed by atoms with Crippen LogP contribution in [0.3, 0.4) is 0 Å². The average molecular weight is 435 g/mol. The van der Waals surface area contributed by atoms with E-state index < -0.39 is 21.7 Å². The third kappa shape index (κ3) is 3.98. The molecule has 2 aromatic rings. The van der Waals surface area contributed by atoms with Crippen LogP contribution in [0.5, 0.6) is 0 Å². The maximum atomic E-state index is 14.4. The second kappa shape index (κ2) is 7.74. The van der Waals surface area contributed by atoms with Crippen molar-refractivity contribution in [3.8, 4) is 11.1 Å². The number of likely N-dealkylation sites (tertiary alicyclic amines) is 1. The Morgan fingerprint density at radius 2 is 1.77 bits per heavy atom. The van der Waals surface area contributed by atoms with Crippen LogP contribution in [-0.4, -0.2) is 44.6 Å². The maximum Gasteiger partial charge on any atom is 0.226 e. The normalized spacial score (nSPS) is 26.1. The molecule has 8 heteroatoms. The minimum absolute atomic E-state index is 0.0332. The SMILES string of the molecule is C[C@@H]1[C@@H](C(=O)N2CC[C@H](NS(C)(=O)=O)C2)[C@@H]1c1ccccc1-c1c(F)cccc1F. The van der Waals surface area contributed by atoms with Crippen LogP contribution in [0.15, 0.2) is 42.5 Å². The first-order valence-corrected chi connectivity index (χ1v) is 11.9. The molecule has 0 unspecified atom stereocenters. The number of carbonyl (C=O) groups excluding carboxylic acids is 1. The molecule has 1 heterocycles. The monoisotopic (exact) mass is 434 g/mol. The summed E-state index contributed by atoms with van der Waals surface area (Å²) in [6.07, 6.45) is 1.68. The van der Waals surface area contributed by atoms with E-state index in [1.165, 1.54) is 18.2 Å². The zero-order chi connectivity index (χ0) is 21.6. The predicted molar refractivity (Wildman–Crippen MR) is 110 cm³/mol. The van der Waals surface area contributed by atoms with Gasteiger partial charge in [0.25, 0.3) is 0 Å². The van der Waals surface area contributed by atoms with E-state index in [9.17, 15) is 22.0 Å². The summed E-state index contributed by atoms with van der Waals surface area (Å²) >= 11 is 0. The summed E-state index contributed by atoms with van der Waals surface area (Å²) in [6.45, 7) is 2.79. The number of nitrogens with one attached hydrogen (secondary N) is 1. The van der Waals surface area contributed by atoms with Gasteiger partial charge in [-0.05, 0) is 41.5 Å². The van der Waals surface area contributed by atoms with Crippen molar-refractivity contribution in [3.63, 3.8) is 0 Å². The minimum Gasteiger partial charge on any atom is -0.341 e. The Kier molecular flexibility index (Phi) is 5.40. The molecule has 30 heavy (non-hydrogen) atoms. The van der Waals surface area contributed by atoms with Crippen molar-refractivity contribution in [2.24, 2.45) is 11.8 Å². The maximum absolute atomic E-state index is 14.4. The molecule has 0 spiro atoms. The quantitative estimate of drug-likeness (QED) is 0.786. The Morgan fingerprint density at radius 1 is 1.10 bits per heavy atom. The fourth-order valence-corrected chi connectivity index (χ4v) is 5.46. The van der Waals surface area contributed by atoms with Gasteiger partial charge in [0.05, 0.1) is 11.8 Å². The number of hydrogen-bond donors (Lipinski definition) is 1. The highest BCUT2D eigenvalue weighted by atomic mass is 32.2. The van der Waals surface area contributed by atoms with E-state index >= 15 is 0 Å². The Balaban J connectivity index is 1.56. The van der Waals surface area contributed by atoms with Crippen molar-refractivity contribution in [1.82, 2.24) is 9.62 Å². The van der Waals surface area contributed by atoms with E-state index in [-0.39, 0.29) is 35.3 Å². The first-order valence-electron chi connectivity index (χ1n) is 9.97. The zero-order valence-electron chi connectivity index (χ0n) is 16.8. The Morgan fingerprint density at radius 3 is 2.43 bits per heavy atom. The average Bonchev–Trinajstić information content (AvgIpc) is 3.11. The topological polar surface area (TPSA) is 66.5 Å². The third-order valence-corrected chi connectivity index (χ3v) is 6.86. The van der Waals surface area contributed by atoms with Gasteiger partial charge in [-0.1, -0.05) is 37.3 Å². The number of nitrogens with zero attached hydrogens (tertiary/aromatic N) is 1. The lowest BCUT2D eigenvalue weighted by Crippen LogP contribution is -2.38. The van der Waals surface area contributed by atoms with Crippen molar-refractivity contribution in [2.45, 2.75) is 25.3 Å². The van der Waals surface area contributed by atoms with E-state index in [2.05, 4.69) is 4.72 Å². The van der Waals surface area contributed by atoms with Gasteiger partial charge >= 0.3 is 0 Å². The van der Waals surface area contributed by atoms with Gasteiger partial charge in [0.15, 0.2) is 0 Å². The van der Waals surface area contributed by atoms with Crippen molar-refractivity contribution >= 4 is 15.9 Å². The first-order chi connectivity index (χ1) is 14.2. The van der Waals surface area contributed by atoms with Gasteiger partial charge in [-0.2, -0.15) is 0 Å². The van der Waals surface area contributed by atoms with Crippen LogP contribution in [0.2, 0.25) is 0 Å². The molecule has 2 aromatic carbocycles. The molecule has 0 radical (unpaired) electrons. The minimum atomic E-state index is -3.33. The van der Waals surface area contributed by atoms with Crippen LogP contribution in [0.1, 0.15) is 24.8 Å². The molecule has 1 saturated heterocycles. The predicted octanol–water partition coefficient (Wildman–Crippen LogP) is 3.13. The molecule has 160 valence electrons. The second-order valence-corrected chi connectivity index (χ2v) is 10.0. The summed E-state index contributed by atoms with van der Waals surface area (Å²) in [5, 5.41) is 0. The molecule has 4 atom stereocenters. The van der Waals surface area contributed by atoms with Crippen LogP contribution in [0, 0.1) is 23.5 Å². The van der Waals surface area contributed by atoms with Gasteiger partial charge in [-0.3, -0.25) is 4.79 Å². The molecular weight excluding hydrogens is 410 g/mol. The number of sulfonamides is 1. The van der Waals surface area contributed by atoms with E-state index in [0.717, 1.165) is 11.8 Å². The zero-order valence-corrected chi connectivity index (χ0v) is 17.6. The number of halogens is 2. The Hall–Kier alpha value is -2.32.